The van der Waals surface area contributed by atoms with E-state index in [1.807, 2.05) is 49.9 Å². The average Bonchev–Trinajstić information content (AvgIpc) is 3.66. The van der Waals surface area contributed by atoms with Gasteiger partial charge in [0.2, 0.25) is 0 Å². The van der Waals surface area contributed by atoms with Gasteiger partial charge in [-0.15, -0.1) is 0 Å². The van der Waals surface area contributed by atoms with Crippen molar-refractivity contribution in [3.63, 3.8) is 0 Å². The summed E-state index contributed by atoms with van der Waals surface area (Å²) in [5.74, 6) is -0.280. The average molecular weight is 459 g/mol. The van der Waals surface area contributed by atoms with E-state index in [0.717, 1.165) is 36.9 Å². The van der Waals surface area contributed by atoms with E-state index in [9.17, 15) is 19.2 Å². The molecule has 9 nitrogen and oxygen atoms in total. The van der Waals surface area contributed by atoms with Gasteiger partial charge in [0.25, 0.3) is 11.8 Å². The Bertz CT molecular complexity index is 917. The monoisotopic (exact) mass is 458 g/mol. The molecule has 1 aromatic rings. The van der Waals surface area contributed by atoms with Gasteiger partial charge in [0.15, 0.2) is 0 Å². The lowest BCUT2D eigenvalue weighted by Gasteiger charge is -2.28. The summed E-state index contributed by atoms with van der Waals surface area (Å²) in [7, 11) is 0. The summed E-state index contributed by atoms with van der Waals surface area (Å²) in [6.07, 6.45) is 1.93. The maximum absolute atomic E-state index is 12.7. The molecule has 1 unspecified atom stereocenters. The topological polar surface area (TPSA) is 102 Å². The number of ether oxygens (including phenoxy) is 2. The van der Waals surface area contributed by atoms with E-state index in [2.05, 4.69) is 4.84 Å². The Hall–Kier alpha value is -3.10. The quantitative estimate of drug-likeness (QED) is 0.451. The molecule has 1 aromatic carbocycles. The summed E-state index contributed by atoms with van der Waals surface area (Å²) >= 11 is 0. The lowest BCUT2D eigenvalue weighted by molar-refractivity contribution is -0.177. The first-order chi connectivity index (χ1) is 15.6. The van der Waals surface area contributed by atoms with Gasteiger partial charge >= 0.3 is 12.2 Å². The predicted octanol–water partition coefficient (Wildman–Crippen LogP) is 3.91. The van der Waals surface area contributed by atoms with E-state index in [4.69, 9.17) is 9.47 Å². The van der Waals surface area contributed by atoms with Crippen LogP contribution < -0.4 is 0 Å². The van der Waals surface area contributed by atoms with Crippen LogP contribution in [0.25, 0.3) is 0 Å². The van der Waals surface area contributed by atoms with Crippen LogP contribution in [-0.2, 0) is 30.5 Å². The molecular weight excluding hydrogens is 428 g/mol. The normalized spacial score (nSPS) is 22.2. The SMILES string of the molecule is CC(C)(C)OC(=O)N(CC1CC1)C1C[C@@H]1c1ccc(COC(=O)ON2C(=O)CCC2=O)cc1. The van der Waals surface area contributed by atoms with Crippen LogP contribution in [0.2, 0.25) is 0 Å². The molecule has 0 aromatic heterocycles. The molecule has 0 radical (unpaired) electrons. The first-order valence-electron chi connectivity index (χ1n) is 11.4. The number of hydrogen-bond donors (Lipinski definition) is 0. The Kier molecular flexibility index (Phi) is 6.32. The maximum Gasteiger partial charge on any atom is 0.534 e. The molecule has 33 heavy (non-hydrogen) atoms. The second-order valence-corrected chi connectivity index (χ2v) is 9.94. The van der Waals surface area contributed by atoms with E-state index < -0.39 is 23.6 Å². The molecule has 0 N–H and O–H groups in total. The second-order valence-electron chi connectivity index (χ2n) is 9.94. The maximum atomic E-state index is 12.7. The summed E-state index contributed by atoms with van der Waals surface area (Å²) in [5, 5.41) is 0.455. The number of rotatable bonds is 7. The first-order valence-corrected chi connectivity index (χ1v) is 11.4. The molecule has 3 amide bonds. The Balaban J connectivity index is 1.29. The zero-order chi connectivity index (χ0) is 23.8. The summed E-state index contributed by atoms with van der Waals surface area (Å²) in [6, 6.07) is 7.76. The van der Waals surface area contributed by atoms with Crippen LogP contribution >= 0.6 is 0 Å². The number of amides is 3. The largest absolute Gasteiger partial charge is 0.534 e. The molecule has 2 atom stereocenters. The molecule has 1 heterocycles. The van der Waals surface area contributed by atoms with Crippen molar-refractivity contribution in [2.45, 2.75) is 77.0 Å². The van der Waals surface area contributed by atoms with E-state index in [1.165, 1.54) is 0 Å². The standard InChI is InChI=1S/C24H30N2O7/c1-24(2,3)32-22(29)25(13-15-4-5-15)19-12-18(19)17-8-6-16(7-9-17)14-31-23(30)33-26-20(27)10-11-21(26)28/h6-9,15,18-19H,4-5,10-14H2,1-3H3/t18-,19?/m1/s1. The Morgan fingerprint density at radius 3 is 2.27 bits per heavy atom. The summed E-state index contributed by atoms with van der Waals surface area (Å²) < 4.78 is 10.6. The first kappa shape index (κ1) is 23.1. The van der Waals surface area contributed by atoms with Gasteiger partial charge in [-0.05, 0) is 57.1 Å². The highest BCUT2D eigenvalue weighted by Gasteiger charge is 2.47. The minimum absolute atomic E-state index is 0.0295. The van der Waals surface area contributed by atoms with Gasteiger partial charge in [-0.1, -0.05) is 29.3 Å². The fourth-order valence-electron chi connectivity index (χ4n) is 3.89. The van der Waals surface area contributed by atoms with Crippen LogP contribution in [0.4, 0.5) is 9.59 Å². The van der Waals surface area contributed by atoms with Crippen molar-refractivity contribution < 1.29 is 33.5 Å². The zero-order valence-corrected chi connectivity index (χ0v) is 19.2. The van der Waals surface area contributed by atoms with E-state index in [0.29, 0.717) is 11.0 Å². The van der Waals surface area contributed by atoms with Crippen molar-refractivity contribution in [3.8, 4) is 0 Å². The molecule has 0 spiro atoms. The second kappa shape index (κ2) is 9.03. The van der Waals surface area contributed by atoms with Crippen molar-refractivity contribution in [1.82, 2.24) is 9.96 Å². The number of imide groups is 1. The van der Waals surface area contributed by atoms with E-state index >= 15 is 0 Å². The molecule has 9 heteroatoms. The molecule has 0 bridgehead atoms. The number of benzene rings is 1. The molecule has 3 fully saturated rings. The van der Waals surface area contributed by atoms with Crippen LogP contribution in [0.3, 0.4) is 0 Å². The zero-order valence-electron chi connectivity index (χ0n) is 19.2. The Morgan fingerprint density at radius 1 is 1.06 bits per heavy atom. The third-order valence-corrected chi connectivity index (χ3v) is 5.87. The highest BCUT2D eigenvalue weighted by Crippen LogP contribution is 2.46. The smallest absolute Gasteiger partial charge is 0.444 e. The summed E-state index contributed by atoms with van der Waals surface area (Å²) in [4.78, 5) is 54.1. The minimum Gasteiger partial charge on any atom is -0.444 e. The van der Waals surface area contributed by atoms with Gasteiger partial charge in [0, 0.05) is 31.3 Å². The lowest BCUT2D eigenvalue weighted by Crippen LogP contribution is -2.40. The third kappa shape index (κ3) is 6.03. The van der Waals surface area contributed by atoms with Gasteiger partial charge in [0.05, 0.1) is 0 Å². The van der Waals surface area contributed by atoms with Crippen LogP contribution in [0.15, 0.2) is 24.3 Å². The van der Waals surface area contributed by atoms with Crippen LogP contribution in [0.5, 0.6) is 0 Å². The van der Waals surface area contributed by atoms with Gasteiger partial charge in [-0.2, -0.15) is 0 Å². The number of nitrogens with zero attached hydrogens (tertiary/aromatic N) is 2. The van der Waals surface area contributed by atoms with Crippen LogP contribution in [0.1, 0.15) is 69.9 Å². The van der Waals surface area contributed by atoms with Crippen molar-refractivity contribution in [1.29, 1.82) is 0 Å². The van der Waals surface area contributed by atoms with Crippen molar-refractivity contribution in [2.75, 3.05) is 6.54 Å². The molecule has 178 valence electrons. The van der Waals surface area contributed by atoms with Gasteiger partial charge in [-0.25, -0.2) is 9.59 Å². The number of carbonyl (C=O) groups excluding carboxylic acids is 4. The molecular formula is C24H30N2O7. The fraction of sp³-hybridized carbons (Fsp3) is 0.583. The predicted molar refractivity (Wildman–Crippen MR) is 116 cm³/mol. The molecule has 2 saturated carbocycles. The molecule has 4 rings (SSSR count). The fourth-order valence-corrected chi connectivity index (χ4v) is 3.89. The van der Waals surface area contributed by atoms with E-state index in [1.54, 1.807) is 0 Å². The number of hydrogen-bond acceptors (Lipinski definition) is 7. The molecule has 1 saturated heterocycles. The van der Waals surface area contributed by atoms with Crippen molar-refractivity contribution >= 4 is 24.1 Å². The third-order valence-electron chi connectivity index (χ3n) is 5.87. The van der Waals surface area contributed by atoms with Gasteiger partial charge < -0.3 is 14.4 Å². The molecule has 3 aliphatic rings. The highest BCUT2D eigenvalue weighted by molar-refractivity contribution is 6.01. The summed E-state index contributed by atoms with van der Waals surface area (Å²) in [6.45, 7) is 6.33. The summed E-state index contributed by atoms with van der Waals surface area (Å²) in [5.41, 5.74) is 1.33. The van der Waals surface area contributed by atoms with E-state index in [-0.39, 0.29) is 37.5 Å². The Labute approximate surface area is 192 Å². The van der Waals surface area contributed by atoms with Crippen molar-refractivity contribution in [3.05, 3.63) is 35.4 Å². The van der Waals surface area contributed by atoms with Gasteiger partial charge in [-0.3, -0.25) is 14.4 Å². The van der Waals surface area contributed by atoms with Crippen LogP contribution in [0, 0.1) is 5.92 Å². The van der Waals surface area contributed by atoms with Crippen LogP contribution in [-0.4, -0.2) is 52.2 Å². The van der Waals surface area contributed by atoms with Crippen molar-refractivity contribution in [2.24, 2.45) is 5.92 Å². The Morgan fingerprint density at radius 2 is 1.70 bits per heavy atom. The number of hydroxylamine groups is 2. The lowest BCUT2D eigenvalue weighted by atomic mass is 10.1. The van der Waals surface area contributed by atoms with Gasteiger partial charge in [0.1, 0.15) is 12.2 Å². The highest BCUT2D eigenvalue weighted by atomic mass is 16.8. The number of carbonyl (C=O) groups is 4. The minimum atomic E-state index is -1.10. The molecule has 2 aliphatic carbocycles. The molecule has 1 aliphatic heterocycles.